The van der Waals surface area contributed by atoms with Crippen molar-refractivity contribution in [2.24, 2.45) is 9.63 Å². The minimum absolute atomic E-state index is 0. The molecule has 1 aromatic carbocycles. The van der Waals surface area contributed by atoms with E-state index in [0.29, 0.717) is 12.1 Å². The molecule has 0 radical (unpaired) electrons. The molecule has 6 nitrogen and oxygen atoms in total. The van der Waals surface area contributed by atoms with E-state index in [9.17, 15) is 8.42 Å². The minimum Gasteiger partial charge on any atom is -0.267 e. The van der Waals surface area contributed by atoms with Crippen LogP contribution in [0.4, 0.5) is 5.69 Å². The van der Waals surface area contributed by atoms with Gasteiger partial charge in [-0.25, -0.2) is 0 Å². The van der Waals surface area contributed by atoms with Gasteiger partial charge in [-0.2, -0.15) is 8.42 Å². The molecule has 1 aromatic heterocycles. The van der Waals surface area contributed by atoms with Gasteiger partial charge in [-0.05, 0) is 46.7 Å². The maximum atomic E-state index is 10.6. The molecule has 0 bridgehead atoms. The monoisotopic (exact) mass is 314 g/mol. The van der Waals surface area contributed by atoms with E-state index >= 15 is 0 Å². The first-order valence-corrected chi connectivity index (χ1v) is 7.31. The van der Waals surface area contributed by atoms with E-state index < -0.39 is 10.3 Å². The van der Waals surface area contributed by atoms with Crippen molar-refractivity contribution in [3.05, 3.63) is 59.9 Å². The van der Waals surface area contributed by atoms with Crippen LogP contribution in [0.15, 0.2) is 58.4 Å². The molecule has 0 spiro atoms. The predicted molar refractivity (Wildman–Crippen MR) is 74.2 cm³/mol. The van der Waals surface area contributed by atoms with Crippen LogP contribution in [0, 0.1) is 0 Å². The zero-order valence-electron chi connectivity index (χ0n) is 11.5. The molecule has 1 heterocycles. The maximum Gasteiger partial charge on any atom is 1.00 e. The molecule has 0 unspecified atom stereocenters. The summed E-state index contributed by atoms with van der Waals surface area (Å²) >= 11 is 0. The van der Waals surface area contributed by atoms with E-state index in [-0.39, 0.29) is 29.6 Å². The van der Waals surface area contributed by atoms with Crippen LogP contribution in [0.1, 0.15) is 11.1 Å². The fraction of sp³-hybridized carbons (Fsp3) is 0.154. The van der Waals surface area contributed by atoms with Gasteiger partial charge in [-0.3, -0.25) is 9.54 Å². The predicted octanol–water partition coefficient (Wildman–Crippen LogP) is -0.243. The van der Waals surface area contributed by atoms with Crippen LogP contribution >= 0.6 is 0 Å². The van der Waals surface area contributed by atoms with Crippen LogP contribution in [0.3, 0.4) is 0 Å². The second kappa shape index (κ2) is 8.35. The summed E-state index contributed by atoms with van der Waals surface area (Å²) < 4.78 is 32.6. The van der Waals surface area contributed by atoms with Crippen molar-refractivity contribution in [2.45, 2.75) is 12.8 Å². The second-order valence-electron chi connectivity index (χ2n) is 4.11. The molecule has 2 aromatic rings. The summed E-state index contributed by atoms with van der Waals surface area (Å²) in [6, 6.07) is 10.9. The van der Waals surface area contributed by atoms with Crippen LogP contribution in [-0.2, 0) is 23.1 Å². The van der Waals surface area contributed by atoms with Crippen molar-refractivity contribution < 1.29 is 42.5 Å². The Bertz CT molecular complexity index is 706. The number of nitrogens with zero attached hydrogens (tertiary/aromatic N) is 3. The van der Waals surface area contributed by atoms with Gasteiger partial charge in [0, 0.05) is 12.4 Å². The van der Waals surface area contributed by atoms with Crippen molar-refractivity contribution in [1.82, 2.24) is 4.98 Å². The summed E-state index contributed by atoms with van der Waals surface area (Å²) in [5, 5.41) is 3.56. The van der Waals surface area contributed by atoms with Crippen molar-refractivity contribution in [1.29, 1.82) is 0 Å². The maximum absolute atomic E-state index is 10.6. The van der Waals surface area contributed by atoms with Crippen LogP contribution in [0.5, 0.6) is 0 Å². The molecule has 104 valence electrons. The molecular formula is C13H13N3NaO3S+. The van der Waals surface area contributed by atoms with Crippen LogP contribution in [0.25, 0.3) is 0 Å². The number of rotatable bonds is 5. The average Bonchev–Trinajstić information content (AvgIpc) is 2.44. The van der Waals surface area contributed by atoms with E-state index in [0.717, 1.165) is 17.5 Å². The van der Waals surface area contributed by atoms with Crippen LogP contribution < -0.4 is 29.6 Å². The average molecular weight is 314 g/mol. The normalized spacial score (nSPS) is 11.3. The summed E-state index contributed by atoms with van der Waals surface area (Å²) in [5.41, 5.74) is 2.41. The van der Waals surface area contributed by atoms with Gasteiger partial charge >= 0.3 is 39.9 Å². The van der Waals surface area contributed by atoms with Crippen molar-refractivity contribution in [3.63, 3.8) is 0 Å². The van der Waals surface area contributed by atoms with Gasteiger partial charge in [-0.15, -0.1) is 5.11 Å². The third kappa shape index (κ3) is 6.45. The molecule has 0 aliphatic rings. The quantitative estimate of drug-likeness (QED) is 0.468. The SMILES string of the molecule is O=S(=O)(O)N=Nc1ccccc1CCc1ccncc1.[Na+]. The minimum atomic E-state index is -4.46. The Hall–Kier alpha value is -1.12. The Morgan fingerprint density at radius 2 is 1.71 bits per heavy atom. The summed E-state index contributed by atoms with van der Waals surface area (Å²) in [6.45, 7) is 0. The molecule has 0 atom stereocenters. The Balaban J connectivity index is 0.00000220. The van der Waals surface area contributed by atoms with Gasteiger partial charge in [0.15, 0.2) is 0 Å². The van der Waals surface area contributed by atoms with Gasteiger partial charge in [-0.1, -0.05) is 18.2 Å². The fourth-order valence-electron chi connectivity index (χ4n) is 1.74. The largest absolute Gasteiger partial charge is 1.00 e. The molecule has 0 amide bonds. The summed E-state index contributed by atoms with van der Waals surface area (Å²) in [4.78, 5) is 3.95. The third-order valence-electron chi connectivity index (χ3n) is 2.68. The van der Waals surface area contributed by atoms with Gasteiger partial charge < -0.3 is 0 Å². The standard InChI is InChI=1S/C13H13N3O3S.Na/c17-20(18,19)16-15-13-4-2-1-3-12(13)6-5-11-7-9-14-10-8-11;/h1-4,7-10H,5-6H2,(H,17,18,19);/q;+1. The Morgan fingerprint density at radius 1 is 1.05 bits per heavy atom. The number of pyridine rings is 1. The van der Waals surface area contributed by atoms with E-state index in [1.807, 2.05) is 24.3 Å². The van der Waals surface area contributed by atoms with Gasteiger partial charge in [0.1, 0.15) is 0 Å². The number of benzene rings is 1. The second-order valence-corrected chi connectivity index (χ2v) is 5.17. The molecule has 0 aliphatic heterocycles. The summed E-state index contributed by atoms with van der Waals surface area (Å²) in [5.74, 6) is 0. The summed E-state index contributed by atoms with van der Waals surface area (Å²) in [7, 11) is -4.46. The molecular weight excluding hydrogens is 301 g/mol. The van der Waals surface area contributed by atoms with Gasteiger partial charge in [0.05, 0.1) is 5.69 Å². The topological polar surface area (TPSA) is 92.0 Å². The van der Waals surface area contributed by atoms with Crippen LogP contribution in [0.2, 0.25) is 0 Å². The molecule has 8 heteroatoms. The first-order chi connectivity index (χ1) is 9.54. The van der Waals surface area contributed by atoms with Gasteiger partial charge in [0.2, 0.25) is 0 Å². The molecule has 0 saturated carbocycles. The number of hydrogen-bond donors (Lipinski definition) is 1. The molecule has 21 heavy (non-hydrogen) atoms. The van der Waals surface area contributed by atoms with Gasteiger partial charge in [0.25, 0.3) is 0 Å². The first kappa shape index (κ1) is 17.9. The van der Waals surface area contributed by atoms with Crippen molar-refractivity contribution in [3.8, 4) is 0 Å². The van der Waals surface area contributed by atoms with Crippen molar-refractivity contribution in [2.75, 3.05) is 0 Å². The third-order valence-corrected chi connectivity index (χ3v) is 2.96. The summed E-state index contributed by atoms with van der Waals surface area (Å²) in [6.07, 6.45) is 4.91. The Kier molecular flexibility index (Phi) is 7.13. The van der Waals surface area contributed by atoms with Crippen LogP contribution in [-0.4, -0.2) is 18.0 Å². The van der Waals surface area contributed by atoms with E-state index in [1.54, 1.807) is 24.5 Å². The smallest absolute Gasteiger partial charge is 0.267 e. The molecule has 0 fully saturated rings. The molecule has 0 aliphatic carbocycles. The molecule has 0 saturated heterocycles. The Morgan fingerprint density at radius 3 is 2.38 bits per heavy atom. The number of hydrogen-bond acceptors (Lipinski definition) is 4. The van der Waals surface area contributed by atoms with Crippen molar-refractivity contribution >= 4 is 16.0 Å². The van der Waals surface area contributed by atoms with E-state index in [1.165, 1.54) is 0 Å². The number of aromatic nitrogens is 1. The van der Waals surface area contributed by atoms with E-state index in [4.69, 9.17) is 4.55 Å². The Labute approximate surface area is 145 Å². The molecule has 1 N–H and O–H groups in total. The fourth-order valence-corrected chi connectivity index (χ4v) is 1.93. The first-order valence-electron chi connectivity index (χ1n) is 5.92. The molecule has 2 rings (SSSR count). The number of aryl methyl sites for hydroxylation is 2. The zero-order chi connectivity index (χ0) is 14.4. The van der Waals surface area contributed by atoms with E-state index in [2.05, 4.69) is 14.6 Å². The zero-order valence-corrected chi connectivity index (χ0v) is 14.4.